The standard InChI is InChI=1S/C16H18FNO5/c1-10-7-11(5-6-12(10)17)9-18(21-4)14(19)8-13-15(20)23-16(2,3)22-13/h5-8H,9H2,1-4H3/b13-8+. The van der Waals surface area contributed by atoms with Crippen molar-refractivity contribution in [2.24, 2.45) is 0 Å². The van der Waals surface area contributed by atoms with E-state index in [0.29, 0.717) is 11.1 Å². The van der Waals surface area contributed by atoms with Gasteiger partial charge in [-0.1, -0.05) is 12.1 Å². The van der Waals surface area contributed by atoms with Crippen LogP contribution < -0.4 is 0 Å². The van der Waals surface area contributed by atoms with Gasteiger partial charge in [-0.25, -0.2) is 14.2 Å². The molecule has 124 valence electrons. The summed E-state index contributed by atoms with van der Waals surface area (Å²) in [5.74, 6) is -2.90. The predicted octanol–water partition coefficient (Wildman–Crippen LogP) is 2.22. The summed E-state index contributed by atoms with van der Waals surface area (Å²) < 4.78 is 23.5. The van der Waals surface area contributed by atoms with Gasteiger partial charge in [0.25, 0.3) is 5.91 Å². The zero-order valence-electron chi connectivity index (χ0n) is 13.4. The van der Waals surface area contributed by atoms with Crippen LogP contribution >= 0.6 is 0 Å². The number of rotatable bonds is 4. The summed E-state index contributed by atoms with van der Waals surface area (Å²) in [6, 6.07) is 4.49. The van der Waals surface area contributed by atoms with Crippen molar-refractivity contribution in [3.63, 3.8) is 0 Å². The van der Waals surface area contributed by atoms with Crippen molar-refractivity contribution < 1.29 is 28.3 Å². The summed E-state index contributed by atoms with van der Waals surface area (Å²) in [6.07, 6.45) is 1.01. The molecule has 0 aromatic heterocycles. The summed E-state index contributed by atoms with van der Waals surface area (Å²) in [7, 11) is 1.32. The third-order valence-corrected chi connectivity index (χ3v) is 3.16. The Balaban J connectivity index is 2.13. The molecule has 0 aliphatic carbocycles. The monoisotopic (exact) mass is 323 g/mol. The van der Waals surface area contributed by atoms with E-state index in [1.165, 1.54) is 13.2 Å². The van der Waals surface area contributed by atoms with E-state index < -0.39 is 17.7 Å². The fourth-order valence-electron chi connectivity index (χ4n) is 2.08. The third kappa shape index (κ3) is 4.07. The fourth-order valence-corrected chi connectivity index (χ4v) is 2.08. The number of hydrogen-bond donors (Lipinski definition) is 0. The smallest absolute Gasteiger partial charge is 0.377 e. The minimum Gasteiger partial charge on any atom is -0.445 e. The number of ether oxygens (including phenoxy) is 2. The van der Waals surface area contributed by atoms with Crippen molar-refractivity contribution in [1.82, 2.24) is 5.06 Å². The number of hydrogen-bond acceptors (Lipinski definition) is 5. The van der Waals surface area contributed by atoms with Crippen molar-refractivity contribution in [2.45, 2.75) is 33.1 Å². The van der Waals surface area contributed by atoms with Crippen LogP contribution in [-0.2, 0) is 30.4 Å². The number of hydroxylamine groups is 2. The van der Waals surface area contributed by atoms with Crippen molar-refractivity contribution in [2.75, 3.05) is 7.11 Å². The Hall–Kier alpha value is -2.41. The second kappa shape index (κ2) is 6.37. The molecule has 1 saturated heterocycles. The van der Waals surface area contributed by atoms with Gasteiger partial charge in [0.05, 0.1) is 19.7 Å². The van der Waals surface area contributed by atoms with Gasteiger partial charge >= 0.3 is 5.97 Å². The highest BCUT2D eigenvalue weighted by molar-refractivity contribution is 5.97. The normalized spacial score (nSPS) is 17.8. The Morgan fingerprint density at radius 3 is 2.61 bits per heavy atom. The Kier molecular flexibility index (Phi) is 4.70. The van der Waals surface area contributed by atoms with Gasteiger partial charge in [0.2, 0.25) is 11.5 Å². The lowest BCUT2D eigenvalue weighted by Gasteiger charge is -2.18. The number of halogens is 1. The molecule has 0 saturated carbocycles. The van der Waals surface area contributed by atoms with Crippen LogP contribution in [0.3, 0.4) is 0 Å². The number of carbonyl (C=O) groups excluding carboxylic acids is 2. The highest BCUT2D eigenvalue weighted by Gasteiger charge is 2.38. The van der Waals surface area contributed by atoms with E-state index in [1.807, 2.05) is 0 Å². The van der Waals surface area contributed by atoms with Crippen LogP contribution in [-0.4, -0.2) is 29.8 Å². The molecule has 1 fully saturated rings. The number of cyclic esters (lactones) is 1. The first-order valence-electron chi connectivity index (χ1n) is 6.96. The Bertz CT molecular complexity index is 668. The average molecular weight is 323 g/mol. The van der Waals surface area contributed by atoms with Gasteiger partial charge in [-0.05, 0) is 24.1 Å². The second-order valence-electron chi connectivity index (χ2n) is 5.54. The van der Waals surface area contributed by atoms with Crippen molar-refractivity contribution in [3.8, 4) is 0 Å². The van der Waals surface area contributed by atoms with E-state index in [2.05, 4.69) is 0 Å². The van der Waals surface area contributed by atoms with Crippen molar-refractivity contribution >= 4 is 11.9 Å². The van der Waals surface area contributed by atoms with E-state index in [0.717, 1.165) is 11.1 Å². The summed E-state index contributed by atoms with van der Waals surface area (Å²) in [6.45, 7) is 4.85. The van der Waals surface area contributed by atoms with E-state index in [-0.39, 0.29) is 18.1 Å². The maximum atomic E-state index is 13.3. The lowest BCUT2D eigenvalue weighted by molar-refractivity contribution is -0.173. The lowest BCUT2D eigenvalue weighted by Crippen LogP contribution is -2.28. The van der Waals surface area contributed by atoms with Gasteiger partial charge in [-0.2, -0.15) is 0 Å². The minimum absolute atomic E-state index is 0.0959. The van der Waals surface area contributed by atoms with E-state index in [9.17, 15) is 14.0 Å². The minimum atomic E-state index is -1.10. The average Bonchev–Trinajstić information content (AvgIpc) is 2.72. The summed E-state index contributed by atoms with van der Waals surface area (Å²) in [5, 5.41) is 1.03. The molecule has 1 aliphatic heterocycles. The molecule has 0 atom stereocenters. The molecule has 1 heterocycles. The van der Waals surface area contributed by atoms with E-state index in [4.69, 9.17) is 14.3 Å². The number of aryl methyl sites for hydroxylation is 1. The quantitative estimate of drug-likeness (QED) is 0.483. The molecule has 7 heteroatoms. The molecular formula is C16H18FNO5. The molecule has 23 heavy (non-hydrogen) atoms. The second-order valence-corrected chi connectivity index (χ2v) is 5.54. The van der Waals surface area contributed by atoms with Crippen LogP contribution in [0.2, 0.25) is 0 Å². The molecule has 0 N–H and O–H groups in total. The Labute approximate surface area is 133 Å². The summed E-state index contributed by atoms with van der Waals surface area (Å²) in [5.41, 5.74) is 1.15. The predicted molar refractivity (Wildman–Crippen MR) is 78.0 cm³/mol. The molecule has 0 radical (unpaired) electrons. The first-order valence-corrected chi connectivity index (χ1v) is 6.96. The number of carbonyl (C=O) groups is 2. The number of amides is 1. The van der Waals surface area contributed by atoms with Gasteiger partial charge in [0.15, 0.2) is 0 Å². The summed E-state index contributed by atoms with van der Waals surface area (Å²) >= 11 is 0. The number of esters is 1. The molecular weight excluding hydrogens is 305 g/mol. The molecule has 6 nitrogen and oxygen atoms in total. The molecule has 0 spiro atoms. The first kappa shape index (κ1) is 17.0. The number of benzene rings is 1. The van der Waals surface area contributed by atoms with E-state index in [1.54, 1.807) is 32.9 Å². The Morgan fingerprint density at radius 1 is 1.39 bits per heavy atom. The maximum absolute atomic E-state index is 13.3. The van der Waals surface area contributed by atoms with Crippen LogP contribution in [0.15, 0.2) is 30.0 Å². The lowest BCUT2D eigenvalue weighted by atomic mass is 10.1. The zero-order valence-corrected chi connectivity index (χ0v) is 13.4. The third-order valence-electron chi connectivity index (χ3n) is 3.16. The molecule has 0 bridgehead atoms. The molecule has 1 amide bonds. The molecule has 1 aromatic carbocycles. The number of nitrogens with zero attached hydrogens (tertiary/aromatic N) is 1. The SMILES string of the molecule is CON(Cc1ccc(F)c(C)c1)C(=O)/C=C1/OC(C)(C)OC1=O. The summed E-state index contributed by atoms with van der Waals surface area (Å²) in [4.78, 5) is 28.8. The van der Waals surface area contributed by atoms with Gasteiger partial charge in [-0.15, -0.1) is 0 Å². The largest absolute Gasteiger partial charge is 0.445 e. The zero-order chi connectivity index (χ0) is 17.2. The van der Waals surface area contributed by atoms with Crippen LogP contribution in [0.25, 0.3) is 0 Å². The molecule has 0 unspecified atom stereocenters. The van der Waals surface area contributed by atoms with Gasteiger partial charge in [0, 0.05) is 13.8 Å². The van der Waals surface area contributed by atoms with Gasteiger partial charge in [-0.3, -0.25) is 9.63 Å². The van der Waals surface area contributed by atoms with Crippen molar-refractivity contribution in [1.29, 1.82) is 0 Å². The fraction of sp³-hybridized carbons (Fsp3) is 0.375. The highest BCUT2D eigenvalue weighted by Crippen LogP contribution is 2.26. The van der Waals surface area contributed by atoms with Crippen LogP contribution in [0, 0.1) is 12.7 Å². The molecule has 2 rings (SSSR count). The molecule has 1 aliphatic rings. The maximum Gasteiger partial charge on any atom is 0.377 e. The van der Waals surface area contributed by atoms with Gasteiger partial charge in [0.1, 0.15) is 5.82 Å². The van der Waals surface area contributed by atoms with Crippen molar-refractivity contribution in [3.05, 3.63) is 47.0 Å². The van der Waals surface area contributed by atoms with E-state index >= 15 is 0 Å². The highest BCUT2D eigenvalue weighted by atomic mass is 19.1. The first-order chi connectivity index (χ1) is 10.7. The van der Waals surface area contributed by atoms with Crippen LogP contribution in [0.1, 0.15) is 25.0 Å². The topological polar surface area (TPSA) is 65.1 Å². The van der Waals surface area contributed by atoms with Gasteiger partial charge < -0.3 is 9.47 Å². The molecule has 1 aromatic rings. The van der Waals surface area contributed by atoms with Crippen LogP contribution in [0.4, 0.5) is 4.39 Å². The Morgan fingerprint density at radius 2 is 2.09 bits per heavy atom. The van der Waals surface area contributed by atoms with Crippen LogP contribution in [0.5, 0.6) is 0 Å².